The van der Waals surface area contributed by atoms with Gasteiger partial charge in [-0.25, -0.2) is 0 Å². The molecule has 0 radical (unpaired) electrons. The van der Waals surface area contributed by atoms with Gasteiger partial charge < -0.3 is 15.3 Å². The van der Waals surface area contributed by atoms with Crippen molar-refractivity contribution >= 4 is 23.6 Å². The summed E-state index contributed by atoms with van der Waals surface area (Å²) in [4.78, 5) is 24.8. The summed E-state index contributed by atoms with van der Waals surface area (Å²) in [6, 6.07) is 0.251. The van der Waals surface area contributed by atoms with Crippen LogP contribution in [0.5, 0.6) is 0 Å². The molecule has 2 aliphatic heterocycles. The second kappa shape index (κ2) is 6.43. The number of carboxylic acid groups (broad SMARTS) is 1. The first-order chi connectivity index (χ1) is 8.66. The highest BCUT2D eigenvalue weighted by molar-refractivity contribution is 7.99. The third kappa shape index (κ3) is 3.62. The molecule has 18 heavy (non-hydrogen) atoms. The number of carbonyl (C=O) groups is 2. The van der Waals surface area contributed by atoms with Crippen LogP contribution in [0.4, 0.5) is 0 Å². The van der Waals surface area contributed by atoms with Crippen molar-refractivity contribution in [2.45, 2.75) is 25.3 Å². The van der Waals surface area contributed by atoms with E-state index in [0.717, 1.165) is 24.5 Å². The first kappa shape index (κ1) is 13.7. The van der Waals surface area contributed by atoms with Crippen LogP contribution in [0, 0.1) is 5.92 Å². The predicted molar refractivity (Wildman–Crippen MR) is 70.7 cm³/mol. The van der Waals surface area contributed by atoms with Crippen molar-refractivity contribution in [1.29, 1.82) is 0 Å². The summed E-state index contributed by atoms with van der Waals surface area (Å²) in [5, 5.41) is 12.3. The number of hydrogen-bond donors (Lipinski definition) is 2. The molecule has 2 rings (SSSR count). The van der Waals surface area contributed by atoms with Gasteiger partial charge in [0.2, 0.25) is 5.91 Å². The quantitative estimate of drug-likeness (QED) is 0.778. The third-order valence-corrected chi connectivity index (χ3v) is 4.67. The van der Waals surface area contributed by atoms with Gasteiger partial charge in [0.15, 0.2) is 0 Å². The van der Waals surface area contributed by atoms with Crippen molar-refractivity contribution in [1.82, 2.24) is 10.2 Å². The Kier molecular flexibility index (Phi) is 4.88. The molecule has 0 aromatic rings. The number of amides is 1. The van der Waals surface area contributed by atoms with E-state index in [-0.39, 0.29) is 17.9 Å². The number of aliphatic carboxylic acids is 1. The van der Waals surface area contributed by atoms with Gasteiger partial charge in [0.1, 0.15) is 0 Å². The van der Waals surface area contributed by atoms with Crippen molar-refractivity contribution in [2.75, 3.05) is 31.1 Å². The maximum Gasteiger partial charge on any atom is 0.308 e. The summed E-state index contributed by atoms with van der Waals surface area (Å²) in [6.07, 6.45) is 1.99. The molecule has 0 aromatic heterocycles. The molecule has 1 unspecified atom stereocenters. The molecule has 2 saturated heterocycles. The average Bonchev–Trinajstić information content (AvgIpc) is 2.40. The van der Waals surface area contributed by atoms with Crippen LogP contribution >= 0.6 is 11.8 Å². The smallest absolute Gasteiger partial charge is 0.308 e. The minimum absolute atomic E-state index is 0.0981. The summed E-state index contributed by atoms with van der Waals surface area (Å²) >= 11 is 1.87. The number of rotatable bonds is 3. The highest BCUT2D eigenvalue weighted by Crippen LogP contribution is 2.18. The molecule has 0 bridgehead atoms. The summed E-state index contributed by atoms with van der Waals surface area (Å²) in [5.74, 6) is 1.02. The van der Waals surface area contributed by atoms with Gasteiger partial charge in [-0.1, -0.05) is 0 Å². The molecule has 2 heterocycles. The molecular weight excluding hydrogens is 252 g/mol. The molecule has 102 valence electrons. The third-order valence-electron chi connectivity index (χ3n) is 3.54. The monoisotopic (exact) mass is 272 g/mol. The molecule has 1 amide bonds. The maximum atomic E-state index is 12.1. The number of piperidine rings is 1. The summed E-state index contributed by atoms with van der Waals surface area (Å²) < 4.78 is 0. The molecular formula is C12H20N2O3S. The van der Waals surface area contributed by atoms with Crippen LogP contribution in [0.25, 0.3) is 0 Å². The lowest BCUT2D eigenvalue weighted by Gasteiger charge is -2.32. The fourth-order valence-corrected chi connectivity index (χ4v) is 3.45. The van der Waals surface area contributed by atoms with E-state index in [1.807, 2.05) is 11.8 Å². The first-order valence-electron chi connectivity index (χ1n) is 6.48. The zero-order chi connectivity index (χ0) is 13.0. The Morgan fingerprint density at radius 1 is 1.44 bits per heavy atom. The average molecular weight is 272 g/mol. The largest absolute Gasteiger partial charge is 0.481 e. The fourth-order valence-electron chi connectivity index (χ4n) is 2.50. The van der Waals surface area contributed by atoms with Crippen LogP contribution in [0.1, 0.15) is 19.3 Å². The molecule has 2 aliphatic rings. The maximum absolute atomic E-state index is 12.1. The Bertz CT molecular complexity index is 318. The molecule has 2 atom stereocenters. The van der Waals surface area contributed by atoms with E-state index in [2.05, 4.69) is 5.32 Å². The highest BCUT2D eigenvalue weighted by Gasteiger charge is 2.29. The van der Waals surface area contributed by atoms with E-state index in [1.165, 1.54) is 0 Å². The Labute approximate surface area is 111 Å². The Morgan fingerprint density at radius 2 is 2.28 bits per heavy atom. The zero-order valence-electron chi connectivity index (χ0n) is 10.4. The Hall–Kier alpha value is -0.750. The van der Waals surface area contributed by atoms with Crippen molar-refractivity contribution in [3.8, 4) is 0 Å². The molecule has 0 aliphatic carbocycles. The van der Waals surface area contributed by atoms with Gasteiger partial charge in [-0.05, 0) is 12.8 Å². The normalized spacial score (nSPS) is 29.0. The van der Waals surface area contributed by atoms with Crippen molar-refractivity contribution in [3.05, 3.63) is 0 Å². The molecule has 2 fully saturated rings. The molecule has 0 saturated carbocycles. The van der Waals surface area contributed by atoms with Gasteiger partial charge in [0.25, 0.3) is 0 Å². The number of carboxylic acids is 1. The lowest BCUT2D eigenvalue weighted by atomic mass is 9.98. The number of carbonyl (C=O) groups excluding carboxylic acids is 1. The van der Waals surface area contributed by atoms with Crippen LogP contribution < -0.4 is 5.32 Å². The molecule has 5 nitrogen and oxygen atoms in total. The number of nitrogens with one attached hydrogen (secondary N) is 1. The minimum Gasteiger partial charge on any atom is -0.481 e. The second-order valence-electron chi connectivity index (χ2n) is 4.95. The standard InChI is InChI=1S/C12H20N2O3S/c15-11(6-10-8-18-5-3-13-10)14-4-1-2-9(7-14)12(16)17/h9-10,13H,1-8H2,(H,16,17)/t9-,10?/m1/s1. The molecule has 0 spiro atoms. The van der Waals surface area contributed by atoms with Crippen LogP contribution in [0.15, 0.2) is 0 Å². The Morgan fingerprint density at radius 3 is 2.94 bits per heavy atom. The lowest BCUT2D eigenvalue weighted by Crippen LogP contribution is -2.46. The molecule has 2 N–H and O–H groups in total. The summed E-state index contributed by atoms with van der Waals surface area (Å²) in [7, 11) is 0. The summed E-state index contributed by atoms with van der Waals surface area (Å²) in [5.41, 5.74) is 0. The number of thioether (sulfide) groups is 1. The van der Waals surface area contributed by atoms with Gasteiger partial charge >= 0.3 is 5.97 Å². The van der Waals surface area contributed by atoms with Crippen LogP contribution in [0.3, 0.4) is 0 Å². The number of nitrogens with zero attached hydrogens (tertiary/aromatic N) is 1. The van der Waals surface area contributed by atoms with Crippen molar-refractivity contribution in [2.24, 2.45) is 5.92 Å². The fraction of sp³-hybridized carbons (Fsp3) is 0.833. The molecule has 0 aromatic carbocycles. The summed E-state index contributed by atoms with van der Waals surface area (Å²) in [6.45, 7) is 2.05. The van der Waals surface area contributed by atoms with E-state index in [1.54, 1.807) is 4.90 Å². The second-order valence-corrected chi connectivity index (χ2v) is 6.10. The van der Waals surface area contributed by atoms with Crippen LogP contribution in [-0.2, 0) is 9.59 Å². The van der Waals surface area contributed by atoms with Crippen LogP contribution in [-0.4, -0.2) is 59.1 Å². The van der Waals surface area contributed by atoms with Gasteiger partial charge in [0.05, 0.1) is 5.92 Å². The highest BCUT2D eigenvalue weighted by atomic mass is 32.2. The van der Waals surface area contributed by atoms with E-state index in [9.17, 15) is 9.59 Å². The van der Waals surface area contributed by atoms with E-state index in [4.69, 9.17) is 5.11 Å². The lowest BCUT2D eigenvalue weighted by molar-refractivity contribution is -0.145. The Balaban J connectivity index is 1.82. The molecule has 6 heteroatoms. The van der Waals surface area contributed by atoms with Gasteiger partial charge in [-0.2, -0.15) is 11.8 Å². The first-order valence-corrected chi connectivity index (χ1v) is 7.64. The SMILES string of the molecule is O=C(O)[C@@H]1CCCN(C(=O)CC2CSCCN2)C1. The topological polar surface area (TPSA) is 69.6 Å². The van der Waals surface area contributed by atoms with Crippen molar-refractivity contribution in [3.63, 3.8) is 0 Å². The van der Waals surface area contributed by atoms with Gasteiger partial charge in [-0.15, -0.1) is 0 Å². The number of likely N-dealkylation sites (tertiary alicyclic amines) is 1. The van der Waals surface area contributed by atoms with Crippen LogP contribution in [0.2, 0.25) is 0 Å². The van der Waals surface area contributed by atoms with E-state index >= 15 is 0 Å². The van der Waals surface area contributed by atoms with E-state index < -0.39 is 5.97 Å². The van der Waals surface area contributed by atoms with E-state index in [0.29, 0.717) is 25.9 Å². The van der Waals surface area contributed by atoms with Crippen molar-refractivity contribution < 1.29 is 14.7 Å². The predicted octanol–water partition coefficient (Wildman–Crippen LogP) is 0.405. The zero-order valence-corrected chi connectivity index (χ0v) is 11.2. The van der Waals surface area contributed by atoms with Gasteiger partial charge in [0, 0.05) is 43.6 Å². The number of hydrogen-bond acceptors (Lipinski definition) is 4. The minimum atomic E-state index is -0.779. The van der Waals surface area contributed by atoms with Gasteiger partial charge in [-0.3, -0.25) is 9.59 Å².